The lowest BCUT2D eigenvalue weighted by molar-refractivity contribution is 0.0953. The van der Waals surface area contributed by atoms with Crippen LogP contribution in [0.2, 0.25) is 5.02 Å². The van der Waals surface area contributed by atoms with Gasteiger partial charge < -0.3 is 5.32 Å². The number of hydrogen-bond donors (Lipinski definition) is 2. The summed E-state index contributed by atoms with van der Waals surface area (Å²) in [4.78, 5) is 12.2. The fourth-order valence-electron chi connectivity index (χ4n) is 2.60. The van der Waals surface area contributed by atoms with Crippen molar-refractivity contribution in [2.75, 3.05) is 11.3 Å². The number of thiophene rings is 1. The molecule has 3 rings (SSSR count). The second kappa shape index (κ2) is 9.23. The molecule has 0 saturated heterocycles. The molecule has 0 atom stereocenters. The molecular formula is C20H19ClN2O3S2. The maximum absolute atomic E-state index is 12.2. The first kappa shape index (κ1) is 20.4. The average Bonchev–Trinajstić information content (AvgIpc) is 3.22. The van der Waals surface area contributed by atoms with Crippen LogP contribution in [-0.2, 0) is 16.4 Å². The molecule has 0 aliphatic rings. The average molecular weight is 435 g/mol. The van der Waals surface area contributed by atoms with Crippen LogP contribution in [0.5, 0.6) is 0 Å². The number of hydrogen-bond acceptors (Lipinski definition) is 4. The Balaban J connectivity index is 1.50. The van der Waals surface area contributed by atoms with E-state index in [0.717, 1.165) is 34.8 Å². The van der Waals surface area contributed by atoms with Crippen molar-refractivity contribution in [2.45, 2.75) is 17.1 Å². The quantitative estimate of drug-likeness (QED) is 0.510. The zero-order valence-corrected chi connectivity index (χ0v) is 17.3. The summed E-state index contributed by atoms with van der Waals surface area (Å²) in [5, 5.41) is 5.29. The van der Waals surface area contributed by atoms with Crippen molar-refractivity contribution >= 4 is 44.6 Å². The minimum Gasteiger partial charge on any atom is -0.352 e. The molecule has 2 aromatic carbocycles. The van der Waals surface area contributed by atoms with E-state index in [0.29, 0.717) is 17.8 Å². The number of halogens is 1. The third-order valence-electron chi connectivity index (χ3n) is 4.03. The van der Waals surface area contributed by atoms with Crippen LogP contribution in [0, 0.1) is 0 Å². The van der Waals surface area contributed by atoms with Gasteiger partial charge in [0, 0.05) is 22.8 Å². The molecule has 146 valence electrons. The Labute approximate surface area is 173 Å². The van der Waals surface area contributed by atoms with Gasteiger partial charge in [-0.3, -0.25) is 9.52 Å². The van der Waals surface area contributed by atoms with Crippen LogP contribution in [0.1, 0.15) is 22.3 Å². The van der Waals surface area contributed by atoms with E-state index < -0.39 is 10.0 Å². The number of aryl methyl sites for hydroxylation is 1. The molecule has 3 aromatic rings. The number of anilines is 1. The van der Waals surface area contributed by atoms with Crippen LogP contribution in [0.4, 0.5) is 5.69 Å². The fraction of sp³-hybridized carbons (Fsp3) is 0.150. The third-order valence-corrected chi connectivity index (χ3v) is 7.17. The highest BCUT2D eigenvalue weighted by Gasteiger charge is 2.15. The summed E-state index contributed by atoms with van der Waals surface area (Å²) >= 11 is 7.26. The van der Waals surface area contributed by atoms with Crippen LogP contribution in [0.3, 0.4) is 0 Å². The van der Waals surface area contributed by atoms with Crippen LogP contribution < -0.4 is 10.0 Å². The summed E-state index contributed by atoms with van der Waals surface area (Å²) in [5.74, 6) is -0.202. The van der Waals surface area contributed by atoms with Crippen LogP contribution in [0.15, 0.2) is 70.3 Å². The van der Waals surface area contributed by atoms with Crippen molar-refractivity contribution in [1.29, 1.82) is 0 Å². The molecular weight excluding hydrogens is 416 g/mol. The zero-order chi connectivity index (χ0) is 20.0. The number of sulfonamides is 1. The van der Waals surface area contributed by atoms with Gasteiger partial charge in [-0.2, -0.15) is 0 Å². The third kappa shape index (κ3) is 5.34. The molecule has 0 fully saturated rings. The van der Waals surface area contributed by atoms with Gasteiger partial charge in [-0.1, -0.05) is 35.9 Å². The maximum atomic E-state index is 12.2. The topological polar surface area (TPSA) is 75.3 Å². The molecule has 0 radical (unpaired) electrons. The van der Waals surface area contributed by atoms with Gasteiger partial charge in [0.15, 0.2) is 0 Å². The van der Waals surface area contributed by atoms with Gasteiger partial charge >= 0.3 is 0 Å². The second-order valence-electron chi connectivity index (χ2n) is 6.07. The number of rotatable bonds is 8. The predicted molar refractivity (Wildman–Crippen MR) is 114 cm³/mol. The van der Waals surface area contributed by atoms with Gasteiger partial charge in [-0.05, 0) is 60.2 Å². The number of carbonyl (C=O) groups is 1. The molecule has 1 amide bonds. The highest BCUT2D eigenvalue weighted by atomic mass is 35.5. The fourth-order valence-corrected chi connectivity index (χ4v) is 4.88. The first-order chi connectivity index (χ1) is 13.5. The van der Waals surface area contributed by atoms with Crippen molar-refractivity contribution in [1.82, 2.24) is 5.32 Å². The van der Waals surface area contributed by atoms with Crippen molar-refractivity contribution in [3.05, 3.63) is 82.2 Å². The first-order valence-corrected chi connectivity index (χ1v) is 11.4. The Kier molecular flexibility index (Phi) is 6.72. The minimum absolute atomic E-state index is 0.202. The summed E-state index contributed by atoms with van der Waals surface area (Å²) in [6, 6.07) is 17.2. The van der Waals surface area contributed by atoms with Crippen LogP contribution in [-0.4, -0.2) is 20.9 Å². The minimum atomic E-state index is -3.59. The van der Waals surface area contributed by atoms with E-state index in [4.69, 9.17) is 11.6 Å². The lowest BCUT2D eigenvalue weighted by Gasteiger charge is -2.08. The Bertz CT molecular complexity index is 1030. The van der Waals surface area contributed by atoms with Gasteiger partial charge in [0.2, 0.25) is 0 Å². The highest BCUT2D eigenvalue weighted by molar-refractivity contribution is 7.94. The van der Waals surface area contributed by atoms with Crippen molar-refractivity contribution in [3.63, 3.8) is 0 Å². The van der Waals surface area contributed by atoms with Crippen LogP contribution in [0.25, 0.3) is 0 Å². The van der Waals surface area contributed by atoms with Crippen molar-refractivity contribution < 1.29 is 13.2 Å². The Morgan fingerprint density at radius 1 is 1.00 bits per heavy atom. The smallest absolute Gasteiger partial charge is 0.271 e. The van der Waals surface area contributed by atoms with Gasteiger partial charge in [0.05, 0.1) is 0 Å². The molecule has 8 heteroatoms. The summed E-state index contributed by atoms with van der Waals surface area (Å²) in [6.45, 7) is 0.525. The van der Waals surface area contributed by atoms with Gasteiger partial charge in [0.1, 0.15) is 4.21 Å². The molecule has 0 spiro atoms. The summed E-state index contributed by atoms with van der Waals surface area (Å²) in [6.07, 6.45) is 1.55. The zero-order valence-electron chi connectivity index (χ0n) is 14.9. The molecule has 1 aromatic heterocycles. The van der Waals surface area contributed by atoms with E-state index in [1.54, 1.807) is 35.7 Å². The second-order valence-corrected chi connectivity index (χ2v) is 9.33. The van der Waals surface area contributed by atoms with E-state index in [9.17, 15) is 13.2 Å². The van der Waals surface area contributed by atoms with Gasteiger partial charge in [-0.15, -0.1) is 11.3 Å². The lowest BCUT2D eigenvalue weighted by atomic mass is 10.1. The Hall–Kier alpha value is -2.35. The lowest BCUT2D eigenvalue weighted by Crippen LogP contribution is -2.24. The SMILES string of the molecule is O=C(NCCCc1ccccc1Cl)c1ccc(NS(=O)(=O)c2cccs2)cc1. The highest BCUT2D eigenvalue weighted by Crippen LogP contribution is 2.20. The molecule has 1 heterocycles. The maximum Gasteiger partial charge on any atom is 0.271 e. The standard InChI is InChI=1S/C20H19ClN2O3S2/c21-18-7-2-1-5-15(18)6-3-13-22-20(24)16-9-11-17(12-10-16)23-28(25,26)19-8-4-14-27-19/h1-2,4-5,7-12,14,23H,3,6,13H2,(H,22,24). The molecule has 2 N–H and O–H groups in total. The normalized spacial score (nSPS) is 11.2. The van der Waals surface area contributed by atoms with Crippen LogP contribution >= 0.6 is 22.9 Å². The monoisotopic (exact) mass is 434 g/mol. The Morgan fingerprint density at radius 2 is 1.75 bits per heavy atom. The largest absolute Gasteiger partial charge is 0.352 e. The molecule has 0 saturated carbocycles. The molecule has 5 nitrogen and oxygen atoms in total. The van der Waals surface area contributed by atoms with Gasteiger partial charge in [-0.25, -0.2) is 8.42 Å². The molecule has 28 heavy (non-hydrogen) atoms. The van der Waals surface area contributed by atoms with E-state index >= 15 is 0 Å². The number of nitrogens with one attached hydrogen (secondary N) is 2. The Morgan fingerprint density at radius 3 is 2.43 bits per heavy atom. The van der Waals surface area contributed by atoms with E-state index in [1.165, 1.54) is 6.07 Å². The summed E-state index contributed by atoms with van der Waals surface area (Å²) in [5.41, 5.74) is 1.93. The molecule has 0 aliphatic heterocycles. The molecule has 0 unspecified atom stereocenters. The predicted octanol–water partition coefficient (Wildman–Crippen LogP) is 4.56. The van der Waals surface area contributed by atoms with E-state index in [1.807, 2.05) is 24.3 Å². The van der Waals surface area contributed by atoms with E-state index in [-0.39, 0.29) is 10.1 Å². The van der Waals surface area contributed by atoms with Crippen molar-refractivity contribution in [2.24, 2.45) is 0 Å². The number of benzene rings is 2. The molecule has 0 aliphatic carbocycles. The summed E-state index contributed by atoms with van der Waals surface area (Å²) in [7, 11) is -3.59. The first-order valence-electron chi connectivity index (χ1n) is 8.64. The van der Waals surface area contributed by atoms with Gasteiger partial charge in [0.25, 0.3) is 15.9 Å². The van der Waals surface area contributed by atoms with Crippen molar-refractivity contribution in [3.8, 4) is 0 Å². The number of carbonyl (C=O) groups excluding carboxylic acids is 1. The van der Waals surface area contributed by atoms with E-state index in [2.05, 4.69) is 10.0 Å². The number of amides is 1. The summed E-state index contributed by atoms with van der Waals surface area (Å²) < 4.78 is 27.2. The molecule has 0 bridgehead atoms.